The van der Waals surface area contributed by atoms with Crippen molar-refractivity contribution in [1.82, 2.24) is 10.3 Å². The number of aromatic nitrogens is 1. The predicted molar refractivity (Wildman–Crippen MR) is 83.9 cm³/mol. The first-order valence-electron chi connectivity index (χ1n) is 6.87. The second kappa shape index (κ2) is 6.85. The number of nitrogens with zero attached hydrogens (tertiary/aromatic N) is 1. The SMILES string of the molecule is Cc1cccc(CNC(=O)Nc2cccc(C(C)N)c2)n1. The topological polar surface area (TPSA) is 80.0 Å². The Morgan fingerprint density at radius 1 is 1.29 bits per heavy atom. The van der Waals surface area contributed by atoms with Gasteiger partial charge in [-0.2, -0.15) is 0 Å². The molecule has 2 rings (SSSR count). The molecule has 1 aromatic heterocycles. The lowest BCUT2D eigenvalue weighted by Crippen LogP contribution is -2.28. The summed E-state index contributed by atoms with van der Waals surface area (Å²) in [6.07, 6.45) is 0. The van der Waals surface area contributed by atoms with Crippen LogP contribution in [0.3, 0.4) is 0 Å². The van der Waals surface area contributed by atoms with Gasteiger partial charge in [-0.25, -0.2) is 4.79 Å². The molecule has 0 saturated heterocycles. The fourth-order valence-corrected chi connectivity index (χ4v) is 1.94. The number of benzene rings is 1. The van der Waals surface area contributed by atoms with E-state index in [0.717, 1.165) is 22.6 Å². The van der Waals surface area contributed by atoms with Crippen LogP contribution in [-0.2, 0) is 6.54 Å². The number of carbonyl (C=O) groups is 1. The maximum Gasteiger partial charge on any atom is 0.319 e. The fourth-order valence-electron chi connectivity index (χ4n) is 1.94. The van der Waals surface area contributed by atoms with Gasteiger partial charge in [0.2, 0.25) is 0 Å². The van der Waals surface area contributed by atoms with Crippen molar-refractivity contribution in [3.05, 3.63) is 59.4 Å². The molecule has 4 N–H and O–H groups in total. The minimum atomic E-state index is -0.264. The molecule has 1 aromatic carbocycles. The van der Waals surface area contributed by atoms with E-state index in [1.54, 1.807) is 0 Å². The first-order chi connectivity index (χ1) is 10.0. The highest BCUT2D eigenvalue weighted by molar-refractivity contribution is 5.89. The number of nitrogens with two attached hydrogens (primary N) is 1. The number of hydrogen-bond acceptors (Lipinski definition) is 3. The van der Waals surface area contributed by atoms with E-state index in [1.807, 2.05) is 56.3 Å². The van der Waals surface area contributed by atoms with E-state index in [2.05, 4.69) is 15.6 Å². The number of aryl methyl sites for hydroxylation is 1. The third kappa shape index (κ3) is 4.57. The molecule has 0 aliphatic heterocycles. The monoisotopic (exact) mass is 284 g/mol. The third-order valence-electron chi connectivity index (χ3n) is 3.05. The summed E-state index contributed by atoms with van der Waals surface area (Å²) in [5.74, 6) is 0. The maximum atomic E-state index is 11.9. The van der Waals surface area contributed by atoms with Crippen molar-refractivity contribution in [1.29, 1.82) is 0 Å². The van der Waals surface area contributed by atoms with Gasteiger partial charge in [-0.3, -0.25) is 4.98 Å². The van der Waals surface area contributed by atoms with E-state index in [0.29, 0.717) is 6.54 Å². The van der Waals surface area contributed by atoms with E-state index >= 15 is 0 Å². The van der Waals surface area contributed by atoms with Crippen LogP contribution >= 0.6 is 0 Å². The van der Waals surface area contributed by atoms with Crippen LogP contribution in [0.4, 0.5) is 10.5 Å². The summed E-state index contributed by atoms with van der Waals surface area (Å²) in [6, 6.07) is 12.9. The number of rotatable bonds is 4. The van der Waals surface area contributed by atoms with Crippen LogP contribution in [0.25, 0.3) is 0 Å². The Kier molecular flexibility index (Phi) is 4.90. The summed E-state index contributed by atoms with van der Waals surface area (Å²) < 4.78 is 0. The van der Waals surface area contributed by atoms with E-state index in [9.17, 15) is 4.79 Å². The van der Waals surface area contributed by atoms with Crippen LogP contribution < -0.4 is 16.4 Å². The minimum Gasteiger partial charge on any atom is -0.332 e. The fraction of sp³-hybridized carbons (Fsp3) is 0.250. The number of anilines is 1. The van der Waals surface area contributed by atoms with Gasteiger partial charge in [0, 0.05) is 17.4 Å². The smallest absolute Gasteiger partial charge is 0.319 e. The van der Waals surface area contributed by atoms with Crippen LogP contribution in [-0.4, -0.2) is 11.0 Å². The predicted octanol–water partition coefficient (Wildman–Crippen LogP) is 2.73. The van der Waals surface area contributed by atoms with Gasteiger partial charge in [-0.15, -0.1) is 0 Å². The molecule has 1 atom stereocenters. The Balaban J connectivity index is 1.91. The molecule has 21 heavy (non-hydrogen) atoms. The van der Waals surface area contributed by atoms with E-state index in [4.69, 9.17) is 5.73 Å². The largest absolute Gasteiger partial charge is 0.332 e. The van der Waals surface area contributed by atoms with E-state index in [1.165, 1.54) is 0 Å². The standard InChI is InChI=1S/C16H20N4O/c1-11-5-3-8-15(19-11)10-18-16(21)20-14-7-4-6-13(9-14)12(2)17/h3-9,12H,10,17H2,1-2H3,(H2,18,20,21). The minimum absolute atomic E-state index is 0.0636. The van der Waals surface area contributed by atoms with Crippen molar-refractivity contribution < 1.29 is 4.79 Å². The van der Waals surface area contributed by atoms with Crippen LogP contribution in [0.5, 0.6) is 0 Å². The lowest BCUT2D eigenvalue weighted by molar-refractivity contribution is 0.251. The molecule has 0 saturated carbocycles. The van der Waals surface area contributed by atoms with Crippen molar-refractivity contribution in [3.63, 3.8) is 0 Å². The van der Waals surface area contributed by atoms with Crippen molar-refractivity contribution in [3.8, 4) is 0 Å². The number of nitrogens with one attached hydrogen (secondary N) is 2. The average Bonchev–Trinajstić information content (AvgIpc) is 2.45. The van der Waals surface area contributed by atoms with Gasteiger partial charge in [-0.1, -0.05) is 18.2 Å². The number of pyridine rings is 1. The molecule has 5 nitrogen and oxygen atoms in total. The second-order valence-electron chi connectivity index (χ2n) is 4.99. The number of amides is 2. The van der Waals surface area contributed by atoms with Crippen LogP contribution in [0, 0.1) is 6.92 Å². The third-order valence-corrected chi connectivity index (χ3v) is 3.05. The molecule has 1 heterocycles. The van der Waals surface area contributed by atoms with Crippen molar-refractivity contribution in [2.45, 2.75) is 26.4 Å². The Bertz CT molecular complexity index is 625. The summed E-state index contributed by atoms with van der Waals surface area (Å²) in [7, 11) is 0. The summed E-state index contributed by atoms with van der Waals surface area (Å²) in [4.78, 5) is 16.2. The molecule has 0 aliphatic rings. The zero-order chi connectivity index (χ0) is 15.2. The zero-order valence-electron chi connectivity index (χ0n) is 12.3. The molecule has 110 valence electrons. The normalized spacial score (nSPS) is 11.8. The van der Waals surface area contributed by atoms with Gasteiger partial charge in [0.1, 0.15) is 0 Å². The molecule has 0 spiro atoms. The molecule has 0 radical (unpaired) electrons. The van der Waals surface area contributed by atoms with Gasteiger partial charge >= 0.3 is 6.03 Å². The van der Waals surface area contributed by atoms with E-state index < -0.39 is 0 Å². The highest BCUT2D eigenvalue weighted by Crippen LogP contribution is 2.15. The molecular weight excluding hydrogens is 264 g/mol. The summed E-state index contributed by atoms with van der Waals surface area (Å²) in [6.45, 7) is 4.21. The van der Waals surface area contributed by atoms with Crippen LogP contribution in [0.1, 0.15) is 29.9 Å². The van der Waals surface area contributed by atoms with Gasteiger partial charge in [0.25, 0.3) is 0 Å². The molecule has 2 aromatic rings. The summed E-state index contributed by atoms with van der Waals surface area (Å²) in [5, 5.41) is 5.57. The Hall–Kier alpha value is -2.40. The van der Waals surface area contributed by atoms with E-state index in [-0.39, 0.29) is 12.1 Å². The molecule has 2 amide bonds. The van der Waals surface area contributed by atoms with Crippen molar-refractivity contribution >= 4 is 11.7 Å². The molecule has 0 fully saturated rings. The molecule has 5 heteroatoms. The van der Waals surface area contributed by atoms with Gasteiger partial charge in [0.15, 0.2) is 0 Å². The van der Waals surface area contributed by atoms with Crippen molar-refractivity contribution in [2.75, 3.05) is 5.32 Å². The number of hydrogen-bond donors (Lipinski definition) is 3. The Morgan fingerprint density at radius 3 is 2.76 bits per heavy atom. The van der Waals surface area contributed by atoms with Gasteiger partial charge in [0.05, 0.1) is 12.2 Å². The molecule has 0 aliphatic carbocycles. The first kappa shape index (κ1) is 15.0. The van der Waals surface area contributed by atoms with Crippen LogP contribution in [0.15, 0.2) is 42.5 Å². The number of urea groups is 1. The van der Waals surface area contributed by atoms with Gasteiger partial charge < -0.3 is 16.4 Å². The lowest BCUT2D eigenvalue weighted by Gasteiger charge is -2.10. The molecule has 1 unspecified atom stereocenters. The summed E-state index contributed by atoms with van der Waals surface area (Å²) >= 11 is 0. The number of carbonyl (C=O) groups excluding carboxylic acids is 1. The average molecular weight is 284 g/mol. The highest BCUT2D eigenvalue weighted by Gasteiger charge is 2.05. The second-order valence-corrected chi connectivity index (χ2v) is 4.99. The molecule has 0 bridgehead atoms. The summed E-state index contributed by atoms with van der Waals surface area (Å²) in [5.41, 5.74) is 9.29. The van der Waals surface area contributed by atoms with Crippen LogP contribution in [0.2, 0.25) is 0 Å². The Labute approximate surface area is 124 Å². The lowest BCUT2D eigenvalue weighted by atomic mass is 10.1. The maximum absolute atomic E-state index is 11.9. The molecular formula is C16H20N4O. The Morgan fingerprint density at radius 2 is 2.05 bits per heavy atom. The highest BCUT2D eigenvalue weighted by atomic mass is 16.2. The quantitative estimate of drug-likeness (QED) is 0.807. The first-order valence-corrected chi connectivity index (χ1v) is 6.87. The van der Waals surface area contributed by atoms with Gasteiger partial charge in [-0.05, 0) is 43.7 Å². The van der Waals surface area contributed by atoms with Crippen molar-refractivity contribution in [2.24, 2.45) is 5.73 Å². The zero-order valence-corrected chi connectivity index (χ0v) is 12.3.